The van der Waals surface area contributed by atoms with Crippen molar-refractivity contribution in [2.45, 2.75) is 25.8 Å². The topological polar surface area (TPSA) is 59.2 Å². The summed E-state index contributed by atoms with van der Waals surface area (Å²) < 4.78 is 0. The standard InChI is InChI=1S/C11H16ClN3OS/c1-7(13)8-3-2-4-15(5-8)11(16)9-10(12)14-6-17-9/h6-8H,2-5,13H2,1H3/t7-,8+/m1/s1. The molecule has 1 aromatic rings. The maximum atomic E-state index is 12.2. The van der Waals surface area contributed by atoms with Crippen molar-refractivity contribution in [3.8, 4) is 0 Å². The Morgan fingerprint density at radius 3 is 3.12 bits per heavy atom. The van der Waals surface area contributed by atoms with Gasteiger partial charge in [0.15, 0.2) is 5.15 Å². The van der Waals surface area contributed by atoms with Crippen LogP contribution in [-0.4, -0.2) is 34.9 Å². The molecule has 0 aliphatic carbocycles. The number of halogens is 1. The highest BCUT2D eigenvalue weighted by atomic mass is 35.5. The van der Waals surface area contributed by atoms with Crippen molar-refractivity contribution in [1.29, 1.82) is 0 Å². The van der Waals surface area contributed by atoms with Gasteiger partial charge in [-0.15, -0.1) is 11.3 Å². The molecule has 1 aliphatic rings. The Morgan fingerprint density at radius 2 is 2.53 bits per heavy atom. The molecule has 0 bridgehead atoms. The van der Waals surface area contributed by atoms with Crippen LogP contribution in [0.2, 0.25) is 5.15 Å². The number of amides is 1. The minimum atomic E-state index is -0.0112. The SMILES string of the molecule is C[C@@H](N)[C@H]1CCCN(C(=O)c2scnc2Cl)C1. The lowest BCUT2D eigenvalue weighted by Crippen LogP contribution is -2.44. The van der Waals surface area contributed by atoms with Gasteiger partial charge in [-0.2, -0.15) is 0 Å². The smallest absolute Gasteiger partial charge is 0.267 e. The minimum absolute atomic E-state index is 0.0112. The maximum absolute atomic E-state index is 12.2. The molecule has 1 amide bonds. The van der Waals surface area contributed by atoms with Crippen LogP contribution in [0.3, 0.4) is 0 Å². The number of rotatable bonds is 2. The first-order valence-corrected chi connectivity index (χ1v) is 6.99. The molecule has 2 atom stereocenters. The van der Waals surface area contributed by atoms with Gasteiger partial charge in [-0.05, 0) is 25.7 Å². The fraction of sp³-hybridized carbons (Fsp3) is 0.636. The van der Waals surface area contributed by atoms with E-state index in [0.717, 1.165) is 25.9 Å². The number of carbonyl (C=O) groups excluding carboxylic acids is 1. The Balaban J connectivity index is 2.07. The van der Waals surface area contributed by atoms with Gasteiger partial charge in [0.05, 0.1) is 5.51 Å². The molecule has 0 unspecified atom stereocenters. The number of hydrogen-bond acceptors (Lipinski definition) is 4. The molecular formula is C11H16ClN3OS. The molecule has 1 aliphatic heterocycles. The zero-order valence-electron chi connectivity index (χ0n) is 9.73. The Morgan fingerprint density at radius 1 is 1.76 bits per heavy atom. The van der Waals surface area contributed by atoms with Crippen LogP contribution in [0.1, 0.15) is 29.4 Å². The van der Waals surface area contributed by atoms with Crippen LogP contribution in [0.4, 0.5) is 0 Å². The van der Waals surface area contributed by atoms with Gasteiger partial charge in [-0.25, -0.2) is 4.98 Å². The molecule has 0 aromatic carbocycles. The summed E-state index contributed by atoms with van der Waals surface area (Å²) in [5, 5.41) is 0.308. The van der Waals surface area contributed by atoms with Crippen LogP contribution in [-0.2, 0) is 0 Å². The Labute approximate surface area is 110 Å². The first-order chi connectivity index (χ1) is 8.09. The third-order valence-electron chi connectivity index (χ3n) is 3.21. The Kier molecular flexibility index (Phi) is 4.01. The third-order valence-corrected chi connectivity index (χ3v) is 4.42. The summed E-state index contributed by atoms with van der Waals surface area (Å²) in [5.41, 5.74) is 7.50. The molecule has 94 valence electrons. The van der Waals surface area contributed by atoms with Gasteiger partial charge in [0.2, 0.25) is 0 Å². The molecule has 1 fully saturated rings. The lowest BCUT2D eigenvalue weighted by molar-refractivity contribution is 0.0666. The van der Waals surface area contributed by atoms with Gasteiger partial charge in [-0.1, -0.05) is 11.6 Å². The van der Waals surface area contributed by atoms with Gasteiger partial charge < -0.3 is 10.6 Å². The number of thiazole rings is 1. The van der Waals surface area contributed by atoms with Crippen molar-refractivity contribution < 1.29 is 4.79 Å². The Bertz CT molecular complexity index is 407. The van der Waals surface area contributed by atoms with E-state index in [2.05, 4.69) is 4.98 Å². The first kappa shape index (κ1) is 12.8. The number of aromatic nitrogens is 1. The summed E-state index contributed by atoms with van der Waals surface area (Å²) >= 11 is 7.18. The summed E-state index contributed by atoms with van der Waals surface area (Å²) in [5.74, 6) is 0.377. The van der Waals surface area contributed by atoms with Crippen molar-refractivity contribution in [3.63, 3.8) is 0 Å². The fourth-order valence-electron chi connectivity index (χ4n) is 2.14. The average molecular weight is 274 g/mol. The van der Waals surface area contributed by atoms with Gasteiger partial charge >= 0.3 is 0 Å². The van der Waals surface area contributed by atoms with Crippen LogP contribution in [0.25, 0.3) is 0 Å². The molecule has 2 N–H and O–H groups in total. The fourth-order valence-corrected chi connectivity index (χ4v) is 3.10. The van der Waals surface area contributed by atoms with Crippen molar-refractivity contribution in [2.24, 2.45) is 11.7 Å². The number of nitrogens with zero attached hydrogens (tertiary/aromatic N) is 2. The van der Waals surface area contributed by atoms with E-state index in [1.54, 1.807) is 5.51 Å². The largest absolute Gasteiger partial charge is 0.338 e. The molecule has 0 saturated carbocycles. The average Bonchev–Trinajstić information content (AvgIpc) is 2.74. The van der Waals surface area contributed by atoms with E-state index in [1.807, 2.05) is 11.8 Å². The number of hydrogen-bond donors (Lipinski definition) is 1. The third kappa shape index (κ3) is 2.78. The maximum Gasteiger partial charge on any atom is 0.267 e. The van der Waals surface area contributed by atoms with Crippen LogP contribution in [0, 0.1) is 5.92 Å². The van der Waals surface area contributed by atoms with Crippen LogP contribution in [0.5, 0.6) is 0 Å². The number of piperidine rings is 1. The zero-order valence-corrected chi connectivity index (χ0v) is 11.3. The monoisotopic (exact) mass is 273 g/mol. The van der Waals surface area contributed by atoms with Crippen LogP contribution < -0.4 is 5.73 Å². The van der Waals surface area contributed by atoms with E-state index in [9.17, 15) is 4.79 Å². The van der Waals surface area contributed by atoms with Crippen molar-refractivity contribution >= 4 is 28.8 Å². The van der Waals surface area contributed by atoms with Crippen LogP contribution >= 0.6 is 22.9 Å². The summed E-state index contributed by atoms with van der Waals surface area (Å²) in [4.78, 5) is 18.5. The van der Waals surface area contributed by atoms with Gasteiger partial charge in [0, 0.05) is 19.1 Å². The van der Waals surface area contributed by atoms with Gasteiger partial charge in [0.25, 0.3) is 5.91 Å². The molecule has 0 spiro atoms. The van der Waals surface area contributed by atoms with Crippen molar-refractivity contribution in [2.75, 3.05) is 13.1 Å². The number of nitrogens with two attached hydrogens (primary N) is 1. The number of likely N-dealkylation sites (tertiary alicyclic amines) is 1. The highest BCUT2D eigenvalue weighted by Gasteiger charge is 2.28. The van der Waals surface area contributed by atoms with E-state index >= 15 is 0 Å². The lowest BCUT2D eigenvalue weighted by atomic mass is 9.92. The number of carbonyl (C=O) groups is 1. The van der Waals surface area contributed by atoms with E-state index in [0.29, 0.717) is 15.9 Å². The molecule has 1 saturated heterocycles. The van der Waals surface area contributed by atoms with E-state index in [-0.39, 0.29) is 11.9 Å². The minimum Gasteiger partial charge on any atom is -0.338 e. The second kappa shape index (κ2) is 5.33. The summed E-state index contributed by atoms with van der Waals surface area (Å²) in [6.45, 7) is 3.51. The van der Waals surface area contributed by atoms with Crippen molar-refractivity contribution in [3.05, 3.63) is 15.5 Å². The molecule has 1 aromatic heterocycles. The Hall–Kier alpha value is -0.650. The van der Waals surface area contributed by atoms with Gasteiger partial charge in [-0.3, -0.25) is 4.79 Å². The molecule has 17 heavy (non-hydrogen) atoms. The summed E-state index contributed by atoms with van der Waals surface area (Å²) in [6, 6.07) is 0.127. The first-order valence-electron chi connectivity index (χ1n) is 5.73. The van der Waals surface area contributed by atoms with E-state index < -0.39 is 0 Å². The summed E-state index contributed by atoms with van der Waals surface area (Å²) in [6.07, 6.45) is 2.10. The molecule has 4 nitrogen and oxygen atoms in total. The van der Waals surface area contributed by atoms with E-state index in [1.165, 1.54) is 11.3 Å². The molecule has 2 rings (SSSR count). The zero-order chi connectivity index (χ0) is 12.4. The molecule has 6 heteroatoms. The quantitative estimate of drug-likeness (QED) is 0.897. The highest BCUT2D eigenvalue weighted by Crippen LogP contribution is 2.25. The molecular weight excluding hydrogens is 258 g/mol. The van der Waals surface area contributed by atoms with Gasteiger partial charge in [0.1, 0.15) is 4.88 Å². The normalized spacial score (nSPS) is 22.5. The lowest BCUT2D eigenvalue weighted by Gasteiger charge is -2.34. The summed E-state index contributed by atoms with van der Waals surface area (Å²) in [7, 11) is 0. The molecule has 0 radical (unpaired) electrons. The predicted molar refractivity (Wildman–Crippen MR) is 69.4 cm³/mol. The highest BCUT2D eigenvalue weighted by molar-refractivity contribution is 7.12. The molecule has 2 heterocycles. The second-order valence-electron chi connectivity index (χ2n) is 4.48. The van der Waals surface area contributed by atoms with Crippen molar-refractivity contribution in [1.82, 2.24) is 9.88 Å². The van der Waals surface area contributed by atoms with E-state index in [4.69, 9.17) is 17.3 Å². The van der Waals surface area contributed by atoms with Crippen LogP contribution in [0.15, 0.2) is 5.51 Å². The second-order valence-corrected chi connectivity index (χ2v) is 5.70. The predicted octanol–water partition coefficient (Wildman–Crippen LogP) is 2.00.